The van der Waals surface area contributed by atoms with Crippen LogP contribution in [0.3, 0.4) is 0 Å². The number of carbonyl (C=O) groups is 1. The molecule has 26 heavy (non-hydrogen) atoms. The van der Waals surface area contributed by atoms with E-state index >= 15 is 0 Å². The lowest BCUT2D eigenvalue weighted by Crippen LogP contribution is -2.12. The lowest BCUT2D eigenvalue weighted by molar-refractivity contribution is -0.138. The third-order valence-electron chi connectivity index (χ3n) is 3.52. The predicted molar refractivity (Wildman–Crippen MR) is 107 cm³/mol. The van der Waals surface area contributed by atoms with E-state index in [-0.39, 0.29) is 17.9 Å². The standard InChI is InChI=1S/C20H16ClNO3S/c1-2-25-20(24)17-18(23)16(12-13-6-4-3-5-7-13)26-19(17)22-15-10-8-14(21)9-11-15/h3-12,23H,2H2,1H3. The zero-order chi connectivity index (χ0) is 18.5. The monoisotopic (exact) mass is 385 g/mol. The fraction of sp³-hybridized carbons (Fsp3) is 0.100. The minimum Gasteiger partial charge on any atom is -0.506 e. The van der Waals surface area contributed by atoms with Crippen molar-refractivity contribution in [2.24, 2.45) is 4.99 Å². The van der Waals surface area contributed by atoms with Gasteiger partial charge in [0.15, 0.2) is 0 Å². The average Bonchev–Trinajstić information content (AvgIpc) is 2.93. The molecule has 6 heteroatoms. The Kier molecular flexibility index (Phi) is 5.81. The fourth-order valence-corrected chi connectivity index (χ4v) is 3.49. The van der Waals surface area contributed by atoms with Crippen molar-refractivity contribution < 1.29 is 14.6 Å². The molecule has 1 N–H and O–H groups in total. The molecule has 0 fully saturated rings. The summed E-state index contributed by atoms with van der Waals surface area (Å²) in [5, 5.41) is 11.6. The first kappa shape index (κ1) is 18.3. The number of esters is 1. The minimum absolute atomic E-state index is 0.0778. The van der Waals surface area contributed by atoms with Gasteiger partial charge in [0.05, 0.1) is 17.2 Å². The van der Waals surface area contributed by atoms with Crippen LogP contribution in [0.5, 0.6) is 0 Å². The summed E-state index contributed by atoms with van der Waals surface area (Å²) in [7, 11) is 0. The number of carbonyl (C=O) groups excluding carboxylic acids is 1. The van der Waals surface area contributed by atoms with E-state index in [4.69, 9.17) is 16.3 Å². The van der Waals surface area contributed by atoms with Gasteiger partial charge in [0.25, 0.3) is 0 Å². The summed E-state index contributed by atoms with van der Waals surface area (Å²) in [6.45, 7) is 1.93. The van der Waals surface area contributed by atoms with Crippen LogP contribution in [-0.4, -0.2) is 22.7 Å². The third-order valence-corrected chi connectivity index (χ3v) is 4.80. The van der Waals surface area contributed by atoms with Gasteiger partial charge in [-0.2, -0.15) is 0 Å². The van der Waals surface area contributed by atoms with E-state index in [0.717, 1.165) is 5.56 Å². The number of nitrogens with zero attached hydrogens (tertiary/aromatic N) is 1. The molecule has 132 valence electrons. The number of rotatable bonds is 4. The molecule has 3 rings (SSSR count). The van der Waals surface area contributed by atoms with Gasteiger partial charge < -0.3 is 9.84 Å². The maximum Gasteiger partial charge on any atom is 0.344 e. The Balaban J connectivity index is 2.02. The molecule has 0 bridgehead atoms. The van der Waals surface area contributed by atoms with Gasteiger partial charge in [-0.1, -0.05) is 53.7 Å². The Bertz CT molecular complexity index is 902. The fourth-order valence-electron chi connectivity index (χ4n) is 2.33. The molecule has 0 aromatic heterocycles. The Labute approximate surface area is 160 Å². The summed E-state index contributed by atoms with van der Waals surface area (Å²) in [5.41, 5.74) is 1.62. The maximum absolute atomic E-state index is 12.3. The number of ether oxygens (including phenoxy) is 1. The van der Waals surface area contributed by atoms with Crippen LogP contribution in [0.4, 0.5) is 5.69 Å². The molecule has 0 unspecified atom stereocenters. The van der Waals surface area contributed by atoms with Gasteiger partial charge in [-0.25, -0.2) is 9.79 Å². The molecular weight excluding hydrogens is 370 g/mol. The van der Waals surface area contributed by atoms with Crippen LogP contribution < -0.4 is 0 Å². The number of hydrogen-bond acceptors (Lipinski definition) is 5. The third kappa shape index (κ3) is 4.18. The number of benzene rings is 2. The summed E-state index contributed by atoms with van der Waals surface area (Å²) in [6.07, 6.45) is 1.81. The van der Waals surface area contributed by atoms with Gasteiger partial charge in [0.2, 0.25) is 0 Å². The van der Waals surface area contributed by atoms with Gasteiger partial charge in [-0.15, -0.1) is 0 Å². The summed E-state index contributed by atoms with van der Waals surface area (Å²) < 4.78 is 5.08. The van der Waals surface area contributed by atoms with Crippen molar-refractivity contribution in [2.75, 3.05) is 6.61 Å². The Morgan fingerprint density at radius 2 is 1.88 bits per heavy atom. The van der Waals surface area contributed by atoms with E-state index in [9.17, 15) is 9.90 Å². The molecule has 1 aliphatic heterocycles. The highest BCUT2D eigenvalue weighted by Gasteiger charge is 2.33. The number of halogens is 1. The van der Waals surface area contributed by atoms with Crippen molar-refractivity contribution >= 4 is 46.1 Å². The van der Waals surface area contributed by atoms with Crippen LogP contribution in [-0.2, 0) is 9.53 Å². The summed E-state index contributed by atoms with van der Waals surface area (Å²) in [4.78, 5) is 17.4. The SMILES string of the molecule is CCOC(=O)C1=C(O)C(=Cc2ccccc2)SC1=Nc1ccc(Cl)cc1. The maximum atomic E-state index is 12.3. The molecule has 0 amide bonds. The average molecular weight is 386 g/mol. The molecule has 4 nitrogen and oxygen atoms in total. The molecular formula is C20H16ClNO3S. The van der Waals surface area contributed by atoms with Crippen LogP contribution >= 0.6 is 23.4 Å². The number of thioether (sulfide) groups is 1. The lowest BCUT2D eigenvalue weighted by atomic mass is 10.1. The van der Waals surface area contributed by atoms with E-state index in [1.807, 2.05) is 36.4 Å². The van der Waals surface area contributed by atoms with Crippen LogP contribution in [0.1, 0.15) is 12.5 Å². The molecule has 0 spiro atoms. The summed E-state index contributed by atoms with van der Waals surface area (Å²) in [5.74, 6) is -0.716. The molecule has 0 saturated carbocycles. The molecule has 1 heterocycles. The molecule has 1 aliphatic rings. The first-order valence-corrected chi connectivity index (χ1v) is 9.18. The molecule has 2 aromatic carbocycles. The van der Waals surface area contributed by atoms with E-state index < -0.39 is 5.97 Å². The summed E-state index contributed by atoms with van der Waals surface area (Å²) in [6, 6.07) is 16.5. The highest BCUT2D eigenvalue weighted by Crippen LogP contribution is 2.40. The minimum atomic E-state index is -0.596. The second kappa shape index (κ2) is 8.25. The van der Waals surface area contributed by atoms with Gasteiger partial charge in [0, 0.05) is 5.02 Å². The highest BCUT2D eigenvalue weighted by atomic mass is 35.5. The first-order chi connectivity index (χ1) is 12.6. The quantitative estimate of drug-likeness (QED) is 0.702. The van der Waals surface area contributed by atoms with Gasteiger partial charge in [-0.3, -0.25) is 0 Å². The van der Waals surface area contributed by atoms with Crippen LogP contribution in [0.2, 0.25) is 5.02 Å². The molecule has 2 aromatic rings. The zero-order valence-corrected chi connectivity index (χ0v) is 15.6. The van der Waals surface area contributed by atoms with Crippen molar-refractivity contribution in [3.8, 4) is 0 Å². The molecule has 0 atom stereocenters. The lowest BCUT2D eigenvalue weighted by Gasteiger charge is -2.03. The highest BCUT2D eigenvalue weighted by molar-refractivity contribution is 8.18. The Hall–Kier alpha value is -2.50. The molecule has 0 radical (unpaired) electrons. The van der Waals surface area contributed by atoms with Crippen LogP contribution in [0.15, 0.2) is 75.8 Å². The van der Waals surface area contributed by atoms with Gasteiger partial charge in [0.1, 0.15) is 16.4 Å². The molecule has 0 aliphatic carbocycles. The topological polar surface area (TPSA) is 58.9 Å². The summed E-state index contributed by atoms with van der Waals surface area (Å²) >= 11 is 7.13. The van der Waals surface area contributed by atoms with Gasteiger partial charge in [-0.05, 0) is 42.8 Å². The van der Waals surface area contributed by atoms with Crippen molar-refractivity contribution in [3.63, 3.8) is 0 Å². The number of hydrogen-bond donors (Lipinski definition) is 1. The van der Waals surface area contributed by atoms with E-state index in [0.29, 0.717) is 20.7 Å². The largest absolute Gasteiger partial charge is 0.506 e. The Morgan fingerprint density at radius 1 is 1.19 bits per heavy atom. The predicted octanol–water partition coefficient (Wildman–Crippen LogP) is 5.53. The molecule has 0 saturated heterocycles. The van der Waals surface area contributed by atoms with Gasteiger partial charge >= 0.3 is 5.97 Å². The van der Waals surface area contributed by atoms with Crippen LogP contribution in [0.25, 0.3) is 6.08 Å². The van der Waals surface area contributed by atoms with E-state index in [1.54, 1.807) is 31.2 Å². The van der Waals surface area contributed by atoms with Crippen LogP contribution in [0, 0.1) is 0 Å². The Morgan fingerprint density at radius 3 is 2.54 bits per heavy atom. The number of aliphatic imine (C=N–C) groups is 1. The second-order valence-corrected chi connectivity index (χ2v) is 6.83. The van der Waals surface area contributed by atoms with E-state index in [1.165, 1.54) is 11.8 Å². The van der Waals surface area contributed by atoms with Crippen molar-refractivity contribution in [1.82, 2.24) is 0 Å². The smallest absolute Gasteiger partial charge is 0.344 e. The normalized spacial score (nSPS) is 17.2. The van der Waals surface area contributed by atoms with Crippen molar-refractivity contribution in [1.29, 1.82) is 0 Å². The number of aliphatic hydroxyl groups is 1. The number of aliphatic hydroxyl groups excluding tert-OH is 1. The first-order valence-electron chi connectivity index (χ1n) is 7.98. The van der Waals surface area contributed by atoms with E-state index in [2.05, 4.69) is 4.99 Å². The second-order valence-electron chi connectivity index (χ2n) is 5.36. The van der Waals surface area contributed by atoms with Crippen molar-refractivity contribution in [2.45, 2.75) is 6.92 Å². The van der Waals surface area contributed by atoms with Crippen molar-refractivity contribution in [3.05, 3.63) is 81.4 Å². The zero-order valence-electron chi connectivity index (χ0n) is 14.0.